The van der Waals surface area contributed by atoms with Crippen molar-refractivity contribution in [3.63, 3.8) is 0 Å². The number of aromatic nitrogens is 1. The highest BCUT2D eigenvalue weighted by atomic mass is 32.1. The van der Waals surface area contributed by atoms with Crippen LogP contribution >= 0.6 is 11.3 Å². The van der Waals surface area contributed by atoms with E-state index in [0.29, 0.717) is 6.04 Å². The first kappa shape index (κ1) is 15.3. The minimum absolute atomic E-state index is 0.643. The van der Waals surface area contributed by atoms with Gasteiger partial charge in [-0.25, -0.2) is 4.98 Å². The highest BCUT2D eigenvalue weighted by Gasteiger charge is 2.22. The maximum atomic E-state index is 4.28. The third kappa shape index (κ3) is 4.18. The third-order valence-electron chi connectivity index (χ3n) is 3.73. The molecule has 5 nitrogen and oxygen atoms in total. The second-order valence-corrected chi connectivity index (χ2v) is 6.40. The predicted molar refractivity (Wildman–Crippen MR) is 85.3 cm³/mol. The Morgan fingerprint density at radius 2 is 2.40 bits per heavy atom. The molecule has 0 bridgehead atoms. The zero-order chi connectivity index (χ0) is 14.4. The molecule has 2 rings (SSSR count). The minimum atomic E-state index is 0.643. The van der Waals surface area contributed by atoms with Crippen LogP contribution < -0.4 is 10.6 Å². The number of rotatable bonds is 5. The van der Waals surface area contributed by atoms with Crippen LogP contribution in [-0.4, -0.2) is 48.6 Å². The zero-order valence-electron chi connectivity index (χ0n) is 12.6. The molecule has 20 heavy (non-hydrogen) atoms. The first-order valence-corrected chi connectivity index (χ1v) is 8.14. The quantitative estimate of drug-likeness (QED) is 0.640. The summed E-state index contributed by atoms with van der Waals surface area (Å²) in [6, 6.07) is 0.643. The number of likely N-dealkylation sites (N-methyl/N-ethyl adjacent to an activating group) is 1. The van der Waals surface area contributed by atoms with Crippen LogP contribution in [0.25, 0.3) is 0 Å². The molecule has 0 amide bonds. The Labute approximate surface area is 125 Å². The molecule has 6 heteroatoms. The van der Waals surface area contributed by atoms with Gasteiger partial charge in [0.2, 0.25) is 0 Å². The first-order chi connectivity index (χ1) is 9.72. The largest absolute Gasteiger partial charge is 0.355 e. The number of hydrogen-bond acceptors (Lipinski definition) is 4. The lowest BCUT2D eigenvalue weighted by atomic mass is 10.2. The standard InChI is InChI=1S/C14H25N5S/c1-4-19-7-5-6-12(19)8-17-14(15-3)18-10-13-9-16-11(2)20-13/h9,12H,4-8,10H2,1-3H3,(H2,15,17,18). The molecule has 2 N–H and O–H groups in total. The number of nitrogens with zero attached hydrogens (tertiary/aromatic N) is 3. The van der Waals surface area contributed by atoms with Gasteiger partial charge in [0.15, 0.2) is 5.96 Å². The van der Waals surface area contributed by atoms with E-state index in [-0.39, 0.29) is 0 Å². The van der Waals surface area contributed by atoms with Gasteiger partial charge in [-0.1, -0.05) is 6.92 Å². The fraction of sp³-hybridized carbons (Fsp3) is 0.714. The Hall–Kier alpha value is -1.14. The van der Waals surface area contributed by atoms with Gasteiger partial charge in [-0.2, -0.15) is 0 Å². The van der Waals surface area contributed by atoms with Crippen LogP contribution in [0.4, 0.5) is 0 Å². The number of aliphatic imine (C=N–C) groups is 1. The predicted octanol–water partition coefficient (Wildman–Crippen LogP) is 1.60. The average molecular weight is 295 g/mol. The maximum Gasteiger partial charge on any atom is 0.191 e. The van der Waals surface area contributed by atoms with Crippen molar-refractivity contribution in [2.45, 2.75) is 39.3 Å². The summed E-state index contributed by atoms with van der Waals surface area (Å²) in [7, 11) is 1.82. The van der Waals surface area contributed by atoms with Crippen LogP contribution in [0.15, 0.2) is 11.2 Å². The fourth-order valence-electron chi connectivity index (χ4n) is 2.64. The molecular formula is C14H25N5S. The summed E-state index contributed by atoms with van der Waals surface area (Å²) in [5, 5.41) is 7.89. The average Bonchev–Trinajstić information content (AvgIpc) is 3.07. The van der Waals surface area contributed by atoms with Gasteiger partial charge in [0.25, 0.3) is 0 Å². The molecule has 0 spiro atoms. The lowest BCUT2D eigenvalue weighted by Crippen LogP contribution is -2.44. The molecule has 1 aromatic rings. The summed E-state index contributed by atoms with van der Waals surface area (Å²) in [6.45, 7) is 8.38. The Balaban J connectivity index is 1.75. The Morgan fingerprint density at radius 1 is 1.55 bits per heavy atom. The second kappa shape index (κ2) is 7.59. The maximum absolute atomic E-state index is 4.28. The minimum Gasteiger partial charge on any atom is -0.355 e. The number of likely N-dealkylation sites (tertiary alicyclic amines) is 1. The summed E-state index contributed by atoms with van der Waals surface area (Å²) in [4.78, 5) is 12.3. The van der Waals surface area contributed by atoms with Crippen LogP contribution in [0.1, 0.15) is 29.7 Å². The lowest BCUT2D eigenvalue weighted by molar-refractivity contribution is 0.267. The molecule has 0 radical (unpaired) electrons. The summed E-state index contributed by atoms with van der Waals surface area (Å²) in [5.74, 6) is 0.874. The molecule has 112 valence electrons. The van der Waals surface area contributed by atoms with E-state index in [0.717, 1.165) is 30.6 Å². The van der Waals surface area contributed by atoms with E-state index in [4.69, 9.17) is 0 Å². The van der Waals surface area contributed by atoms with Gasteiger partial charge in [0.05, 0.1) is 11.6 Å². The Morgan fingerprint density at radius 3 is 3.05 bits per heavy atom. The molecule has 1 unspecified atom stereocenters. The molecule has 1 fully saturated rings. The van der Waals surface area contributed by atoms with Crippen molar-refractivity contribution in [1.29, 1.82) is 0 Å². The molecule has 1 aromatic heterocycles. The van der Waals surface area contributed by atoms with Gasteiger partial charge < -0.3 is 10.6 Å². The van der Waals surface area contributed by atoms with E-state index in [1.54, 1.807) is 11.3 Å². The summed E-state index contributed by atoms with van der Waals surface area (Å²) in [5.41, 5.74) is 0. The molecule has 2 heterocycles. The van der Waals surface area contributed by atoms with E-state index in [1.165, 1.54) is 24.3 Å². The zero-order valence-corrected chi connectivity index (χ0v) is 13.5. The molecular weight excluding hydrogens is 270 g/mol. The number of guanidine groups is 1. The number of hydrogen-bond donors (Lipinski definition) is 2. The van der Waals surface area contributed by atoms with Crippen molar-refractivity contribution in [2.24, 2.45) is 4.99 Å². The van der Waals surface area contributed by atoms with Crippen LogP contribution in [0.2, 0.25) is 0 Å². The Bertz CT molecular complexity index is 443. The van der Waals surface area contributed by atoms with E-state index in [2.05, 4.69) is 32.4 Å². The smallest absolute Gasteiger partial charge is 0.191 e. The van der Waals surface area contributed by atoms with Gasteiger partial charge in [0.1, 0.15) is 0 Å². The SMILES string of the molecule is CCN1CCCC1CNC(=NC)NCc1cnc(C)s1. The highest BCUT2D eigenvalue weighted by Crippen LogP contribution is 2.15. The van der Waals surface area contributed by atoms with Gasteiger partial charge in [-0.15, -0.1) is 11.3 Å². The normalized spacial score (nSPS) is 20.4. The van der Waals surface area contributed by atoms with E-state index >= 15 is 0 Å². The molecule has 0 saturated carbocycles. The van der Waals surface area contributed by atoms with Crippen molar-refractivity contribution >= 4 is 17.3 Å². The highest BCUT2D eigenvalue weighted by molar-refractivity contribution is 7.11. The van der Waals surface area contributed by atoms with Crippen molar-refractivity contribution < 1.29 is 0 Å². The van der Waals surface area contributed by atoms with Gasteiger partial charge in [-0.05, 0) is 32.9 Å². The second-order valence-electron chi connectivity index (χ2n) is 5.08. The monoisotopic (exact) mass is 295 g/mol. The number of thiazole rings is 1. The van der Waals surface area contributed by atoms with Crippen molar-refractivity contribution in [3.8, 4) is 0 Å². The Kier molecular flexibility index (Phi) is 5.79. The van der Waals surface area contributed by atoms with Crippen molar-refractivity contribution in [2.75, 3.05) is 26.7 Å². The van der Waals surface area contributed by atoms with Crippen molar-refractivity contribution in [3.05, 3.63) is 16.1 Å². The topological polar surface area (TPSA) is 52.5 Å². The van der Waals surface area contributed by atoms with E-state index < -0.39 is 0 Å². The van der Waals surface area contributed by atoms with Gasteiger partial charge >= 0.3 is 0 Å². The number of nitrogens with one attached hydrogen (secondary N) is 2. The van der Waals surface area contributed by atoms with Gasteiger partial charge in [0, 0.05) is 30.7 Å². The molecule has 0 aromatic carbocycles. The van der Waals surface area contributed by atoms with Crippen LogP contribution in [-0.2, 0) is 6.54 Å². The molecule has 1 atom stereocenters. The van der Waals surface area contributed by atoms with Crippen LogP contribution in [0.3, 0.4) is 0 Å². The van der Waals surface area contributed by atoms with E-state index in [1.807, 2.05) is 20.2 Å². The third-order valence-corrected chi connectivity index (χ3v) is 4.65. The van der Waals surface area contributed by atoms with Crippen LogP contribution in [0.5, 0.6) is 0 Å². The molecule has 1 aliphatic heterocycles. The van der Waals surface area contributed by atoms with Crippen molar-refractivity contribution in [1.82, 2.24) is 20.5 Å². The summed E-state index contributed by atoms with van der Waals surface area (Å²) >= 11 is 1.72. The fourth-order valence-corrected chi connectivity index (χ4v) is 3.37. The summed E-state index contributed by atoms with van der Waals surface area (Å²) < 4.78 is 0. The lowest BCUT2D eigenvalue weighted by Gasteiger charge is -2.23. The first-order valence-electron chi connectivity index (χ1n) is 7.32. The number of aryl methyl sites for hydroxylation is 1. The van der Waals surface area contributed by atoms with Gasteiger partial charge in [-0.3, -0.25) is 9.89 Å². The molecule has 1 aliphatic rings. The van der Waals surface area contributed by atoms with E-state index in [9.17, 15) is 0 Å². The van der Waals surface area contributed by atoms with Crippen LogP contribution in [0, 0.1) is 6.92 Å². The molecule has 0 aliphatic carbocycles. The summed E-state index contributed by atoms with van der Waals surface area (Å²) in [6.07, 6.45) is 4.52. The molecule has 1 saturated heterocycles.